The van der Waals surface area contributed by atoms with Crippen molar-refractivity contribution in [1.29, 1.82) is 0 Å². The van der Waals surface area contributed by atoms with Gasteiger partial charge in [-0.15, -0.1) is 0 Å². The fraction of sp³-hybridized carbons (Fsp3) is 0.571. The highest BCUT2D eigenvalue weighted by molar-refractivity contribution is 5.24. The normalized spacial score (nSPS) is 19.6. The summed E-state index contributed by atoms with van der Waals surface area (Å²) in [5.74, 6) is 0.425. The van der Waals surface area contributed by atoms with Crippen LogP contribution in [0.1, 0.15) is 37.0 Å². The SMILES string of the molecule is CCc1ccc(C(O)C2CCNCC2)cc1. The molecule has 0 radical (unpaired) electrons. The Morgan fingerprint density at radius 3 is 2.44 bits per heavy atom. The Hall–Kier alpha value is -0.860. The maximum Gasteiger partial charge on any atom is 0.0819 e. The molecule has 1 aliphatic rings. The molecular formula is C14H21NO. The Balaban J connectivity index is 2.04. The van der Waals surface area contributed by atoms with E-state index in [9.17, 15) is 5.11 Å². The maximum atomic E-state index is 10.3. The molecule has 2 rings (SSSR count). The quantitative estimate of drug-likeness (QED) is 0.817. The molecule has 0 bridgehead atoms. The topological polar surface area (TPSA) is 32.3 Å². The standard InChI is InChI=1S/C14H21NO/c1-2-11-3-5-12(6-4-11)14(16)13-7-9-15-10-8-13/h3-6,13-16H,2,7-10H2,1H3. The number of aryl methyl sites for hydroxylation is 1. The van der Waals surface area contributed by atoms with Crippen LogP contribution in [0.4, 0.5) is 0 Å². The van der Waals surface area contributed by atoms with Crippen LogP contribution in [-0.2, 0) is 6.42 Å². The molecule has 0 saturated carbocycles. The molecule has 0 amide bonds. The minimum atomic E-state index is -0.284. The third-order valence-corrected chi connectivity index (χ3v) is 3.56. The Morgan fingerprint density at radius 2 is 1.88 bits per heavy atom. The van der Waals surface area contributed by atoms with Gasteiger partial charge in [-0.1, -0.05) is 31.2 Å². The molecule has 1 aliphatic heterocycles. The number of hydrogen-bond donors (Lipinski definition) is 2. The van der Waals surface area contributed by atoms with Gasteiger partial charge >= 0.3 is 0 Å². The van der Waals surface area contributed by atoms with Crippen molar-refractivity contribution >= 4 is 0 Å². The van der Waals surface area contributed by atoms with Gasteiger partial charge in [0.2, 0.25) is 0 Å². The number of aliphatic hydroxyl groups excluding tert-OH is 1. The van der Waals surface area contributed by atoms with E-state index in [1.165, 1.54) is 5.56 Å². The van der Waals surface area contributed by atoms with Crippen LogP contribution in [0.3, 0.4) is 0 Å². The summed E-state index contributed by atoms with van der Waals surface area (Å²) in [7, 11) is 0. The highest BCUT2D eigenvalue weighted by Gasteiger charge is 2.22. The van der Waals surface area contributed by atoms with E-state index in [1.807, 2.05) is 0 Å². The van der Waals surface area contributed by atoms with Crippen molar-refractivity contribution in [2.24, 2.45) is 5.92 Å². The summed E-state index contributed by atoms with van der Waals surface area (Å²) in [6.45, 7) is 4.22. The summed E-state index contributed by atoms with van der Waals surface area (Å²) in [5, 5.41) is 13.6. The lowest BCUT2D eigenvalue weighted by atomic mass is 9.88. The molecule has 1 unspecified atom stereocenters. The molecule has 1 fully saturated rings. The van der Waals surface area contributed by atoms with Crippen molar-refractivity contribution in [2.75, 3.05) is 13.1 Å². The summed E-state index contributed by atoms with van der Waals surface area (Å²) in [6, 6.07) is 8.40. The van der Waals surface area contributed by atoms with E-state index in [1.54, 1.807) is 0 Å². The van der Waals surface area contributed by atoms with Crippen LogP contribution in [0, 0.1) is 5.92 Å². The predicted molar refractivity (Wildman–Crippen MR) is 66.4 cm³/mol. The van der Waals surface area contributed by atoms with E-state index in [0.29, 0.717) is 5.92 Å². The van der Waals surface area contributed by atoms with Crippen LogP contribution in [-0.4, -0.2) is 18.2 Å². The zero-order valence-corrected chi connectivity index (χ0v) is 9.95. The van der Waals surface area contributed by atoms with Gasteiger partial charge in [-0.2, -0.15) is 0 Å². The molecular weight excluding hydrogens is 198 g/mol. The second kappa shape index (κ2) is 5.46. The number of hydrogen-bond acceptors (Lipinski definition) is 2. The molecule has 1 heterocycles. The number of rotatable bonds is 3. The van der Waals surface area contributed by atoms with Gasteiger partial charge in [-0.25, -0.2) is 0 Å². The maximum absolute atomic E-state index is 10.3. The van der Waals surface area contributed by atoms with Gasteiger partial charge < -0.3 is 10.4 Å². The van der Waals surface area contributed by atoms with Crippen LogP contribution in [0.5, 0.6) is 0 Å². The van der Waals surface area contributed by atoms with Gasteiger partial charge in [0, 0.05) is 0 Å². The molecule has 1 atom stereocenters. The van der Waals surface area contributed by atoms with Gasteiger partial charge in [0.25, 0.3) is 0 Å². The summed E-state index contributed by atoms with van der Waals surface area (Å²) < 4.78 is 0. The third-order valence-electron chi connectivity index (χ3n) is 3.56. The molecule has 0 aromatic heterocycles. The lowest BCUT2D eigenvalue weighted by Gasteiger charge is -2.27. The van der Waals surface area contributed by atoms with E-state index < -0.39 is 0 Å². The number of benzene rings is 1. The van der Waals surface area contributed by atoms with E-state index in [2.05, 4.69) is 36.5 Å². The van der Waals surface area contributed by atoms with E-state index in [4.69, 9.17) is 0 Å². The average molecular weight is 219 g/mol. The zero-order valence-electron chi connectivity index (χ0n) is 9.95. The first-order chi connectivity index (χ1) is 7.81. The molecule has 0 aliphatic carbocycles. The molecule has 2 nitrogen and oxygen atoms in total. The van der Waals surface area contributed by atoms with Crippen molar-refractivity contribution < 1.29 is 5.11 Å². The lowest BCUT2D eigenvalue weighted by molar-refractivity contribution is 0.0889. The molecule has 1 saturated heterocycles. The van der Waals surface area contributed by atoms with Crippen LogP contribution in [0.15, 0.2) is 24.3 Å². The van der Waals surface area contributed by atoms with Crippen molar-refractivity contribution in [3.8, 4) is 0 Å². The van der Waals surface area contributed by atoms with Gasteiger partial charge in [-0.05, 0) is 49.4 Å². The second-order valence-electron chi connectivity index (χ2n) is 4.63. The number of nitrogens with one attached hydrogen (secondary N) is 1. The number of piperidine rings is 1. The van der Waals surface area contributed by atoms with E-state index >= 15 is 0 Å². The summed E-state index contributed by atoms with van der Waals surface area (Å²) in [5.41, 5.74) is 2.41. The minimum Gasteiger partial charge on any atom is -0.388 e. The lowest BCUT2D eigenvalue weighted by Crippen LogP contribution is -2.30. The van der Waals surface area contributed by atoms with Crippen molar-refractivity contribution in [1.82, 2.24) is 5.32 Å². The summed E-state index contributed by atoms with van der Waals surface area (Å²) in [4.78, 5) is 0. The third kappa shape index (κ3) is 2.63. The molecule has 88 valence electrons. The minimum absolute atomic E-state index is 0.284. The van der Waals surface area contributed by atoms with Crippen LogP contribution in [0.25, 0.3) is 0 Å². The van der Waals surface area contributed by atoms with Gasteiger partial charge in [0.15, 0.2) is 0 Å². The highest BCUT2D eigenvalue weighted by Crippen LogP contribution is 2.28. The van der Waals surface area contributed by atoms with Gasteiger partial charge in [0.05, 0.1) is 6.10 Å². The van der Waals surface area contributed by atoms with Crippen LogP contribution >= 0.6 is 0 Å². The second-order valence-corrected chi connectivity index (χ2v) is 4.63. The van der Waals surface area contributed by atoms with E-state index in [0.717, 1.165) is 37.9 Å². The van der Waals surface area contributed by atoms with E-state index in [-0.39, 0.29) is 6.10 Å². The first-order valence-electron chi connectivity index (χ1n) is 6.29. The first-order valence-corrected chi connectivity index (χ1v) is 6.29. The Kier molecular flexibility index (Phi) is 3.97. The predicted octanol–water partition coefficient (Wildman–Crippen LogP) is 2.28. The average Bonchev–Trinajstić information content (AvgIpc) is 2.39. The molecule has 2 N–H and O–H groups in total. The molecule has 1 aromatic rings. The van der Waals surface area contributed by atoms with Gasteiger partial charge in [0.1, 0.15) is 0 Å². The smallest absolute Gasteiger partial charge is 0.0819 e. The van der Waals surface area contributed by atoms with Gasteiger partial charge in [-0.3, -0.25) is 0 Å². The summed E-state index contributed by atoms with van der Waals surface area (Å²) >= 11 is 0. The molecule has 16 heavy (non-hydrogen) atoms. The summed E-state index contributed by atoms with van der Waals surface area (Å²) in [6.07, 6.45) is 2.94. The first kappa shape index (κ1) is 11.6. The number of aliphatic hydroxyl groups is 1. The Labute approximate surface area is 97.7 Å². The van der Waals surface area contributed by atoms with Crippen molar-refractivity contribution in [3.63, 3.8) is 0 Å². The molecule has 0 spiro atoms. The molecule has 1 aromatic carbocycles. The highest BCUT2D eigenvalue weighted by atomic mass is 16.3. The van der Waals surface area contributed by atoms with Crippen LogP contribution in [0.2, 0.25) is 0 Å². The largest absolute Gasteiger partial charge is 0.388 e. The molecule has 2 heteroatoms. The van der Waals surface area contributed by atoms with Crippen molar-refractivity contribution in [3.05, 3.63) is 35.4 Å². The fourth-order valence-electron chi connectivity index (χ4n) is 2.38. The fourth-order valence-corrected chi connectivity index (χ4v) is 2.38. The van der Waals surface area contributed by atoms with Crippen molar-refractivity contribution in [2.45, 2.75) is 32.3 Å². The Bertz CT molecular complexity index is 314. The monoisotopic (exact) mass is 219 g/mol. The Morgan fingerprint density at radius 1 is 1.25 bits per heavy atom. The van der Waals surface area contributed by atoms with Crippen LogP contribution < -0.4 is 5.32 Å². The zero-order chi connectivity index (χ0) is 11.4.